The molecular formula is C13H13N3O2S2. The van der Waals surface area contributed by atoms with Gasteiger partial charge in [0.25, 0.3) is 0 Å². The molecule has 0 saturated heterocycles. The molecule has 3 N–H and O–H groups in total. The van der Waals surface area contributed by atoms with Crippen molar-refractivity contribution in [3.63, 3.8) is 0 Å². The Hall–Kier alpha value is -1.99. The van der Waals surface area contributed by atoms with Crippen LogP contribution in [0.2, 0.25) is 0 Å². The van der Waals surface area contributed by atoms with Crippen LogP contribution in [0.5, 0.6) is 0 Å². The second kappa shape index (κ2) is 5.98. The van der Waals surface area contributed by atoms with Crippen molar-refractivity contribution in [3.05, 3.63) is 59.9 Å². The zero-order valence-electron chi connectivity index (χ0n) is 10.5. The second-order valence-electron chi connectivity index (χ2n) is 4.12. The Bertz CT molecular complexity index is 715. The van der Waals surface area contributed by atoms with E-state index < -0.39 is 10.0 Å². The minimum atomic E-state index is -3.54. The molecule has 0 unspecified atom stereocenters. The fraction of sp³-hybridized carbons (Fsp3) is 0.0769. The molecule has 5 nitrogen and oxygen atoms in total. The van der Waals surface area contributed by atoms with Crippen LogP contribution < -0.4 is 10.5 Å². The van der Waals surface area contributed by atoms with Crippen LogP contribution >= 0.6 is 12.2 Å². The van der Waals surface area contributed by atoms with Crippen LogP contribution in [0, 0.1) is 0 Å². The number of nitrogens with two attached hydrogens (primary N) is 1. The number of hydrogen-bond acceptors (Lipinski definition) is 4. The fourth-order valence-corrected chi connectivity index (χ4v) is 3.15. The maximum atomic E-state index is 12.1. The molecule has 0 fully saturated rings. The lowest BCUT2D eigenvalue weighted by molar-refractivity contribution is 0.600. The first kappa shape index (κ1) is 14.4. The minimum absolute atomic E-state index is 0.180. The van der Waals surface area contributed by atoms with Crippen molar-refractivity contribution in [3.8, 4) is 0 Å². The van der Waals surface area contributed by atoms with E-state index in [1.165, 1.54) is 12.4 Å². The summed E-state index contributed by atoms with van der Waals surface area (Å²) in [5, 5.41) is 0. The van der Waals surface area contributed by atoms with Crippen LogP contribution in [0.1, 0.15) is 11.1 Å². The van der Waals surface area contributed by atoms with Gasteiger partial charge in [0.2, 0.25) is 10.0 Å². The van der Waals surface area contributed by atoms with Crippen LogP contribution in [0.3, 0.4) is 0 Å². The van der Waals surface area contributed by atoms with Crippen molar-refractivity contribution in [2.75, 3.05) is 4.72 Å². The third-order valence-corrected chi connectivity index (χ3v) is 4.04. The highest BCUT2D eigenvalue weighted by Crippen LogP contribution is 2.15. The van der Waals surface area contributed by atoms with Gasteiger partial charge in [0.1, 0.15) is 4.99 Å². The van der Waals surface area contributed by atoms with Crippen LogP contribution in [0.4, 0.5) is 5.69 Å². The molecule has 0 spiro atoms. The van der Waals surface area contributed by atoms with Gasteiger partial charge in [-0.1, -0.05) is 36.5 Å². The van der Waals surface area contributed by atoms with Gasteiger partial charge < -0.3 is 5.73 Å². The first-order valence-electron chi connectivity index (χ1n) is 5.76. The molecule has 0 radical (unpaired) electrons. The molecule has 7 heteroatoms. The number of nitrogens with zero attached hydrogens (tertiary/aromatic N) is 1. The molecule has 0 aliphatic carbocycles. The lowest BCUT2D eigenvalue weighted by atomic mass is 10.1. The number of benzene rings is 1. The van der Waals surface area contributed by atoms with E-state index >= 15 is 0 Å². The monoisotopic (exact) mass is 307 g/mol. The van der Waals surface area contributed by atoms with Crippen molar-refractivity contribution in [2.24, 2.45) is 5.73 Å². The average Bonchev–Trinajstić information content (AvgIpc) is 2.39. The predicted octanol–water partition coefficient (Wildman–Crippen LogP) is 1.66. The van der Waals surface area contributed by atoms with E-state index in [2.05, 4.69) is 9.71 Å². The van der Waals surface area contributed by atoms with Crippen molar-refractivity contribution in [2.45, 2.75) is 5.75 Å². The molecule has 1 aromatic heterocycles. The van der Waals surface area contributed by atoms with E-state index in [4.69, 9.17) is 18.0 Å². The standard InChI is InChI=1S/C13H13N3O2S2/c14-13(19)12-4-2-1-3-10(12)9-20(17,18)16-11-5-7-15-8-6-11/h1-8H,9H2,(H2,14,19)(H,15,16). The third kappa shape index (κ3) is 3.75. The molecule has 104 valence electrons. The van der Waals surface area contributed by atoms with Gasteiger partial charge in [0.15, 0.2) is 0 Å². The molecule has 0 atom stereocenters. The van der Waals surface area contributed by atoms with E-state index in [-0.39, 0.29) is 10.7 Å². The summed E-state index contributed by atoms with van der Waals surface area (Å²) >= 11 is 4.92. The van der Waals surface area contributed by atoms with Crippen molar-refractivity contribution in [1.82, 2.24) is 4.98 Å². The number of thiocarbonyl (C=S) groups is 1. The summed E-state index contributed by atoms with van der Waals surface area (Å²) in [6.45, 7) is 0. The quantitative estimate of drug-likeness (QED) is 0.821. The first-order valence-corrected chi connectivity index (χ1v) is 7.82. The molecule has 0 amide bonds. The van der Waals surface area contributed by atoms with Gasteiger partial charge in [-0.2, -0.15) is 0 Å². The van der Waals surface area contributed by atoms with Gasteiger partial charge in [-0.3, -0.25) is 9.71 Å². The number of anilines is 1. The number of nitrogens with one attached hydrogen (secondary N) is 1. The smallest absolute Gasteiger partial charge is 0.236 e. The highest BCUT2D eigenvalue weighted by Gasteiger charge is 2.15. The molecule has 2 aromatic rings. The summed E-state index contributed by atoms with van der Waals surface area (Å²) in [6, 6.07) is 10.1. The summed E-state index contributed by atoms with van der Waals surface area (Å²) in [5.41, 5.74) is 7.20. The van der Waals surface area contributed by atoms with Gasteiger partial charge >= 0.3 is 0 Å². The van der Waals surface area contributed by atoms with Gasteiger partial charge in [-0.15, -0.1) is 0 Å². The summed E-state index contributed by atoms with van der Waals surface area (Å²) < 4.78 is 26.7. The summed E-state index contributed by atoms with van der Waals surface area (Å²) in [4.78, 5) is 4.01. The van der Waals surface area contributed by atoms with E-state index in [0.717, 1.165) is 0 Å². The Morgan fingerprint density at radius 2 is 1.85 bits per heavy atom. The third-order valence-electron chi connectivity index (χ3n) is 2.58. The number of pyridine rings is 1. The number of aromatic nitrogens is 1. The van der Waals surface area contributed by atoms with Crippen molar-refractivity contribution < 1.29 is 8.42 Å². The Morgan fingerprint density at radius 1 is 1.20 bits per heavy atom. The molecule has 1 heterocycles. The summed E-state index contributed by atoms with van der Waals surface area (Å²) in [7, 11) is -3.54. The molecule has 1 aromatic carbocycles. The van der Waals surface area contributed by atoms with E-state index in [1.54, 1.807) is 36.4 Å². The fourth-order valence-electron chi connectivity index (χ4n) is 1.73. The van der Waals surface area contributed by atoms with Crippen molar-refractivity contribution in [1.29, 1.82) is 0 Å². The Kier molecular flexibility index (Phi) is 4.31. The minimum Gasteiger partial charge on any atom is -0.389 e. The number of hydrogen-bond donors (Lipinski definition) is 2. The number of rotatable bonds is 5. The Morgan fingerprint density at radius 3 is 2.50 bits per heavy atom. The summed E-state index contributed by atoms with van der Waals surface area (Å²) in [6.07, 6.45) is 3.03. The molecule has 20 heavy (non-hydrogen) atoms. The highest BCUT2D eigenvalue weighted by molar-refractivity contribution is 7.91. The largest absolute Gasteiger partial charge is 0.389 e. The Labute approximate surface area is 122 Å². The van der Waals surface area contributed by atoms with Crippen LogP contribution in [-0.4, -0.2) is 18.4 Å². The van der Waals surface area contributed by atoms with Crippen molar-refractivity contribution >= 4 is 32.9 Å². The lowest BCUT2D eigenvalue weighted by Gasteiger charge is -2.10. The molecule has 2 rings (SSSR count). The maximum Gasteiger partial charge on any atom is 0.236 e. The second-order valence-corrected chi connectivity index (χ2v) is 6.28. The predicted molar refractivity (Wildman–Crippen MR) is 82.8 cm³/mol. The van der Waals surface area contributed by atoms with E-state index in [9.17, 15) is 8.42 Å². The van der Waals surface area contributed by atoms with Crippen LogP contribution in [-0.2, 0) is 15.8 Å². The lowest BCUT2D eigenvalue weighted by Crippen LogP contribution is -2.19. The topological polar surface area (TPSA) is 85.1 Å². The van der Waals surface area contributed by atoms with Gasteiger partial charge in [0, 0.05) is 18.0 Å². The molecular weight excluding hydrogens is 294 g/mol. The van der Waals surface area contributed by atoms with Gasteiger partial charge in [0.05, 0.1) is 11.4 Å². The average molecular weight is 307 g/mol. The van der Waals surface area contributed by atoms with Crippen LogP contribution in [0.15, 0.2) is 48.8 Å². The summed E-state index contributed by atoms with van der Waals surface area (Å²) in [5.74, 6) is -0.192. The first-order chi connectivity index (χ1) is 9.48. The van der Waals surface area contributed by atoms with E-state index in [1.807, 2.05) is 0 Å². The van der Waals surface area contributed by atoms with Crippen LogP contribution in [0.25, 0.3) is 0 Å². The molecule has 0 aliphatic rings. The molecule has 0 saturated carbocycles. The zero-order chi connectivity index (χ0) is 14.6. The van der Waals surface area contributed by atoms with Gasteiger partial charge in [-0.05, 0) is 17.7 Å². The van der Waals surface area contributed by atoms with Gasteiger partial charge in [-0.25, -0.2) is 8.42 Å². The molecule has 0 bridgehead atoms. The SMILES string of the molecule is NC(=S)c1ccccc1CS(=O)(=O)Nc1ccncc1. The Balaban J connectivity index is 2.23. The normalized spacial score (nSPS) is 11.0. The molecule has 0 aliphatic heterocycles. The highest BCUT2D eigenvalue weighted by atomic mass is 32.2. The maximum absolute atomic E-state index is 12.1. The number of sulfonamides is 1. The zero-order valence-corrected chi connectivity index (χ0v) is 12.1. The van der Waals surface area contributed by atoms with E-state index in [0.29, 0.717) is 16.8 Å².